The van der Waals surface area contributed by atoms with Crippen molar-refractivity contribution in [2.24, 2.45) is 0 Å². The molecule has 0 aliphatic carbocycles. The normalized spacial score (nSPS) is 23.4. The van der Waals surface area contributed by atoms with E-state index in [2.05, 4.69) is 14.8 Å². The van der Waals surface area contributed by atoms with Crippen molar-refractivity contribution in [1.29, 1.82) is 0 Å². The molecule has 6 heteroatoms. The molecule has 2 rings (SSSR count). The number of hydrogen-bond acceptors (Lipinski definition) is 5. The lowest BCUT2D eigenvalue weighted by atomic mass is 10.2. The van der Waals surface area contributed by atoms with Crippen LogP contribution in [0.5, 0.6) is 0 Å². The second-order valence-corrected chi connectivity index (χ2v) is 5.58. The van der Waals surface area contributed by atoms with E-state index >= 15 is 0 Å². The molecule has 1 aliphatic heterocycles. The Balaban J connectivity index is 2.02. The molecule has 0 bridgehead atoms. The SMILES string of the molecule is CN(C)CC1CC(O)CN1Cc1ccc(C(=O)O)cn1. The number of aromatic nitrogens is 1. The standard InChI is InChI=1S/C14H21N3O3/c1-16(2)8-12-5-13(18)9-17(12)7-11-4-3-10(6-15-11)14(19)20/h3-4,6,12-13,18H,5,7-9H2,1-2H3,(H,19,20). The van der Waals surface area contributed by atoms with Crippen molar-refractivity contribution < 1.29 is 15.0 Å². The van der Waals surface area contributed by atoms with Gasteiger partial charge in [-0.05, 0) is 32.6 Å². The smallest absolute Gasteiger partial charge is 0.337 e. The number of hydrogen-bond donors (Lipinski definition) is 2. The lowest BCUT2D eigenvalue weighted by Gasteiger charge is -2.26. The minimum absolute atomic E-state index is 0.194. The van der Waals surface area contributed by atoms with E-state index in [1.165, 1.54) is 6.20 Å². The number of aliphatic hydroxyl groups is 1. The molecule has 1 saturated heterocycles. The molecule has 2 unspecified atom stereocenters. The van der Waals surface area contributed by atoms with E-state index in [4.69, 9.17) is 5.11 Å². The molecule has 2 N–H and O–H groups in total. The summed E-state index contributed by atoms with van der Waals surface area (Å²) < 4.78 is 0. The number of β-amino-alcohol motifs (C(OH)–C–C–N with tert-alkyl or cyclic N) is 1. The van der Waals surface area contributed by atoms with Crippen molar-refractivity contribution in [3.05, 3.63) is 29.6 Å². The Labute approximate surface area is 118 Å². The average Bonchev–Trinajstić information content (AvgIpc) is 2.69. The summed E-state index contributed by atoms with van der Waals surface area (Å²) in [5.41, 5.74) is 1.02. The van der Waals surface area contributed by atoms with Gasteiger partial charge in [0, 0.05) is 31.9 Å². The summed E-state index contributed by atoms with van der Waals surface area (Å²) in [6, 6.07) is 3.61. The minimum atomic E-state index is -0.967. The van der Waals surface area contributed by atoms with Gasteiger partial charge in [0.1, 0.15) is 0 Å². The number of pyridine rings is 1. The van der Waals surface area contributed by atoms with Gasteiger partial charge < -0.3 is 15.1 Å². The zero-order valence-corrected chi connectivity index (χ0v) is 11.9. The van der Waals surface area contributed by atoms with Gasteiger partial charge in [0.2, 0.25) is 0 Å². The Kier molecular flexibility index (Phi) is 4.69. The molecule has 20 heavy (non-hydrogen) atoms. The van der Waals surface area contributed by atoms with Gasteiger partial charge in [-0.15, -0.1) is 0 Å². The molecule has 0 radical (unpaired) electrons. The van der Waals surface area contributed by atoms with Crippen LogP contribution in [0, 0.1) is 0 Å². The third-order valence-corrected chi connectivity index (χ3v) is 3.52. The molecule has 110 valence electrons. The van der Waals surface area contributed by atoms with Crippen molar-refractivity contribution in [2.75, 3.05) is 27.2 Å². The highest BCUT2D eigenvalue weighted by Crippen LogP contribution is 2.20. The van der Waals surface area contributed by atoms with Crippen molar-refractivity contribution >= 4 is 5.97 Å². The lowest BCUT2D eigenvalue weighted by molar-refractivity contribution is 0.0696. The van der Waals surface area contributed by atoms with E-state index in [0.29, 0.717) is 19.1 Å². The third kappa shape index (κ3) is 3.75. The van der Waals surface area contributed by atoms with Crippen LogP contribution in [-0.4, -0.2) is 70.3 Å². The van der Waals surface area contributed by atoms with Crippen LogP contribution in [0.4, 0.5) is 0 Å². The molecule has 0 amide bonds. The van der Waals surface area contributed by atoms with Gasteiger partial charge >= 0.3 is 5.97 Å². The van der Waals surface area contributed by atoms with Crippen LogP contribution >= 0.6 is 0 Å². The number of carbonyl (C=O) groups is 1. The summed E-state index contributed by atoms with van der Waals surface area (Å²) >= 11 is 0. The molecule has 0 spiro atoms. The monoisotopic (exact) mass is 279 g/mol. The molecule has 2 atom stereocenters. The van der Waals surface area contributed by atoms with Crippen LogP contribution in [0.1, 0.15) is 22.5 Å². The van der Waals surface area contributed by atoms with E-state index in [-0.39, 0.29) is 11.7 Å². The van der Waals surface area contributed by atoms with E-state index in [1.54, 1.807) is 12.1 Å². The molecule has 6 nitrogen and oxygen atoms in total. The summed E-state index contributed by atoms with van der Waals surface area (Å²) in [7, 11) is 4.03. The van der Waals surface area contributed by atoms with Crippen LogP contribution < -0.4 is 0 Å². The molecule has 1 aromatic rings. The van der Waals surface area contributed by atoms with Crippen molar-refractivity contribution in [3.63, 3.8) is 0 Å². The maximum atomic E-state index is 10.8. The second-order valence-electron chi connectivity index (χ2n) is 5.58. The topological polar surface area (TPSA) is 76.9 Å². The Morgan fingerprint density at radius 2 is 2.25 bits per heavy atom. The van der Waals surface area contributed by atoms with Crippen molar-refractivity contribution in [1.82, 2.24) is 14.8 Å². The van der Waals surface area contributed by atoms with Gasteiger partial charge in [-0.25, -0.2) is 4.79 Å². The largest absolute Gasteiger partial charge is 0.478 e. The Morgan fingerprint density at radius 1 is 1.50 bits per heavy atom. The fourth-order valence-corrected chi connectivity index (χ4v) is 2.62. The molecule has 1 fully saturated rings. The number of likely N-dealkylation sites (N-methyl/N-ethyl adjacent to an activating group) is 1. The molecule has 1 aliphatic rings. The quantitative estimate of drug-likeness (QED) is 0.806. The summed E-state index contributed by atoms with van der Waals surface area (Å²) in [6.07, 6.45) is 1.86. The predicted molar refractivity (Wildman–Crippen MR) is 74.6 cm³/mol. The molecular formula is C14H21N3O3. The van der Waals surface area contributed by atoms with Gasteiger partial charge in [-0.3, -0.25) is 9.88 Å². The van der Waals surface area contributed by atoms with E-state index < -0.39 is 5.97 Å². The molecule has 1 aromatic heterocycles. The summed E-state index contributed by atoms with van der Waals surface area (Å²) in [4.78, 5) is 19.3. The van der Waals surface area contributed by atoms with Gasteiger partial charge in [-0.2, -0.15) is 0 Å². The first-order chi connectivity index (χ1) is 9.45. The summed E-state index contributed by atoms with van der Waals surface area (Å²) in [5, 5.41) is 18.7. The summed E-state index contributed by atoms with van der Waals surface area (Å²) in [6.45, 7) is 2.17. The van der Waals surface area contributed by atoms with E-state index in [9.17, 15) is 9.90 Å². The number of carboxylic acids is 1. The first-order valence-electron chi connectivity index (χ1n) is 6.70. The van der Waals surface area contributed by atoms with E-state index in [1.807, 2.05) is 14.1 Å². The number of rotatable bonds is 5. The van der Waals surface area contributed by atoms with Gasteiger partial charge in [0.05, 0.1) is 17.4 Å². The van der Waals surface area contributed by atoms with Gasteiger partial charge in [0.25, 0.3) is 0 Å². The highest BCUT2D eigenvalue weighted by Gasteiger charge is 2.31. The first kappa shape index (κ1) is 14.9. The predicted octanol–water partition coefficient (Wildman–Crippen LogP) is 0.277. The fraction of sp³-hybridized carbons (Fsp3) is 0.571. The lowest BCUT2D eigenvalue weighted by Crippen LogP contribution is -2.37. The van der Waals surface area contributed by atoms with Crippen LogP contribution in [0.25, 0.3) is 0 Å². The van der Waals surface area contributed by atoms with Crippen molar-refractivity contribution in [2.45, 2.75) is 25.1 Å². The third-order valence-electron chi connectivity index (χ3n) is 3.52. The number of likely N-dealkylation sites (tertiary alicyclic amines) is 1. The number of aliphatic hydroxyl groups excluding tert-OH is 1. The van der Waals surface area contributed by atoms with Crippen molar-refractivity contribution in [3.8, 4) is 0 Å². The minimum Gasteiger partial charge on any atom is -0.478 e. The number of aromatic carboxylic acids is 1. The first-order valence-corrected chi connectivity index (χ1v) is 6.70. The zero-order valence-electron chi connectivity index (χ0n) is 11.9. The van der Waals surface area contributed by atoms with Gasteiger partial charge in [0.15, 0.2) is 0 Å². The van der Waals surface area contributed by atoms with Gasteiger partial charge in [-0.1, -0.05) is 0 Å². The fourth-order valence-electron chi connectivity index (χ4n) is 2.62. The Morgan fingerprint density at radius 3 is 2.80 bits per heavy atom. The molecule has 0 saturated carbocycles. The number of carboxylic acid groups (broad SMARTS) is 1. The summed E-state index contributed by atoms with van der Waals surface area (Å²) in [5.74, 6) is -0.967. The second kappa shape index (κ2) is 6.30. The van der Waals surface area contributed by atoms with Crippen LogP contribution in [-0.2, 0) is 6.54 Å². The average molecular weight is 279 g/mol. The Hall–Kier alpha value is -1.50. The molecule has 0 aromatic carbocycles. The highest BCUT2D eigenvalue weighted by atomic mass is 16.4. The molecular weight excluding hydrogens is 258 g/mol. The maximum Gasteiger partial charge on any atom is 0.337 e. The molecule has 2 heterocycles. The van der Waals surface area contributed by atoms with Crippen LogP contribution in [0.2, 0.25) is 0 Å². The number of nitrogens with zero attached hydrogens (tertiary/aromatic N) is 3. The highest BCUT2D eigenvalue weighted by molar-refractivity contribution is 5.87. The van der Waals surface area contributed by atoms with Crippen LogP contribution in [0.3, 0.4) is 0 Å². The maximum absolute atomic E-state index is 10.8. The Bertz CT molecular complexity index is 461. The zero-order chi connectivity index (χ0) is 14.7. The van der Waals surface area contributed by atoms with Crippen LogP contribution in [0.15, 0.2) is 18.3 Å². The van der Waals surface area contributed by atoms with E-state index in [0.717, 1.165) is 18.7 Å².